The van der Waals surface area contributed by atoms with E-state index < -0.39 is 5.91 Å². The number of benzene rings is 1. The van der Waals surface area contributed by atoms with Crippen LogP contribution in [0.4, 0.5) is 0 Å². The number of nitrogens with two attached hydrogens (primary N) is 1. The normalized spacial score (nSPS) is 16.7. The first-order valence-electron chi connectivity index (χ1n) is 9.42. The number of likely N-dealkylation sites (tertiary alicyclic amines) is 1. The molecule has 2 aromatic rings. The van der Waals surface area contributed by atoms with Crippen LogP contribution in [-0.4, -0.2) is 28.9 Å². The van der Waals surface area contributed by atoms with Crippen molar-refractivity contribution in [2.75, 3.05) is 13.1 Å². The quantitative estimate of drug-likeness (QED) is 0.897. The van der Waals surface area contributed by atoms with Gasteiger partial charge in [0.15, 0.2) is 0 Å². The summed E-state index contributed by atoms with van der Waals surface area (Å²) in [7, 11) is 0. The highest BCUT2D eigenvalue weighted by atomic mass is 16.5. The van der Waals surface area contributed by atoms with E-state index in [1.807, 2.05) is 19.1 Å². The van der Waals surface area contributed by atoms with E-state index in [4.69, 9.17) is 10.5 Å². The lowest BCUT2D eigenvalue weighted by Crippen LogP contribution is -2.18. The van der Waals surface area contributed by atoms with Gasteiger partial charge in [-0.2, -0.15) is 0 Å². The fourth-order valence-corrected chi connectivity index (χ4v) is 3.93. The lowest BCUT2D eigenvalue weighted by atomic mass is 10.1. The van der Waals surface area contributed by atoms with E-state index in [1.54, 1.807) is 0 Å². The highest BCUT2D eigenvalue weighted by Crippen LogP contribution is 2.31. The van der Waals surface area contributed by atoms with Gasteiger partial charge >= 0.3 is 0 Å². The maximum absolute atomic E-state index is 11.8. The van der Waals surface area contributed by atoms with E-state index in [-0.39, 0.29) is 0 Å². The van der Waals surface area contributed by atoms with E-state index in [1.165, 1.54) is 31.5 Å². The molecule has 0 bridgehead atoms. The Balaban J connectivity index is 1.58. The molecule has 1 aliphatic carbocycles. The predicted octanol–water partition coefficient (Wildman–Crippen LogP) is 3.37. The molecule has 1 amide bonds. The molecule has 0 radical (unpaired) electrons. The monoisotopic (exact) mass is 351 g/mol. The van der Waals surface area contributed by atoms with Crippen LogP contribution in [0.15, 0.2) is 24.3 Å². The molecule has 136 valence electrons. The summed E-state index contributed by atoms with van der Waals surface area (Å²) >= 11 is 0. The number of aromatic nitrogens is 1. The predicted molar refractivity (Wildman–Crippen MR) is 101 cm³/mol. The zero-order valence-corrected chi connectivity index (χ0v) is 15.3. The van der Waals surface area contributed by atoms with Crippen LogP contribution in [0.3, 0.4) is 0 Å². The summed E-state index contributed by atoms with van der Waals surface area (Å²) in [6, 6.07) is 8.08. The number of amides is 1. The zero-order chi connectivity index (χ0) is 18.1. The van der Waals surface area contributed by atoms with Crippen LogP contribution >= 0.6 is 0 Å². The summed E-state index contributed by atoms with van der Waals surface area (Å²) in [6.07, 6.45) is 5.53. The second kappa shape index (κ2) is 7.08. The average Bonchev–Trinajstić information content (AvgIpc) is 3.27. The Hall–Kier alpha value is -2.40. The molecule has 1 aliphatic heterocycles. The SMILES string of the molecule is Cc1cc(CN2CCCC2)ccc1Oc1nc2c(cc1C(N)=O)CCC2. The first-order chi connectivity index (χ1) is 12.6. The Morgan fingerprint density at radius 3 is 2.73 bits per heavy atom. The summed E-state index contributed by atoms with van der Waals surface area (Å²) in [5, 5.41) is 0. The molecule has 5 heteroatoms. The molecule has 0 atom stereocenters. The zero-order valence-electron chi connectivity index (χ0n) is 15.3. The summed E-state index contributed by atoms with van der Waals surface area (Å²) in [5.74, 6) is 0.558. The average molecular weight is 351 g/mol. The number of carbonyl (C=O) groups excluding carboxylic acids is 1. The van der Waals surface area contributed by atoms with E-state index in [2.05, 4.69) is 22.0 Å². The Kier molecular flexibility index (Phi) is 4.64. The van der Waals surface area contributed by atoms with Gasteiger partial charge in [0.05, 0.1) is 0 Å². The highest BCUT2D eigenvalue weighted by Gasteiger charge is 2.21. The second-order valence-corrected chi connectivity index (χ2v) is 7.35. The molecule has 2 N–H and O–H groups in total. The third-order valence-electron chi connectivity index (χ3n) is 5.33. The molecular weight excluding hydrogens is 326 g/mol. The number of ether oxygens (including phenoxy) is 1. The van der Waals surface area contributed by atoms with Crippen LogP contribution in [0, 0.1) is 6.92 Å². The summed E-state index contributed by atoms with van der Waals surface area (Å²) in [4.78, 5) is 18.9. The Morgan fingerprint density at radius 2 is 2.00 bits per heavy atom. The summed E-state index contributed by atoms with van der Waals surface area (Å²) in [5.41, 5.74) is 10.4. The lowest BCUT2D eigenvalue weighted by molar-refractivity contribution is 0.0997. The van der Waals surface area contributed by atoms with Gasteiger partial charge in [-0.05, 0) is 80.9 Å². The van der Waals surface area contributed by atoms with E-state index in [0.29, 0.717) is 11.4 Å². The smallest absolute Gasteiger partial charge is 0.254 e. The van der Waals surface area contributed by atoms with Crippen molar-refractivity contribution in [3.8, 4) is 11.6 Å². The van der Waals surface area contributed by atoms with Crippen molar-refractivity contribution >= 4 is 5.91 Å². The third-order valence-corrected chi connectivity index (χ3v) is 5.33. The number of rotatable bonds is 5. The van der Waals surface area contributed by atoms with Gasteiger partial charge in [0.25, 0.3) is 5.91 Å². The van der Waals surface area contributed by atoms with Crippen molar-refractivity contribution < 1.29 is 9.53 Å². The Morgan fingerprint density at radius 1 is 1.19 bits per heavy atom. The van der Waals surface area contributed by atoms with Crippen molar-refractivity contribution in [2.24, 2.45) is 5.73 Å². The van der Waals surface area contributed by atoms with Crippen molar-refractivity contribution in [3.05, 3.63) is 52.2 Å². The van der Waals surface area contributed by atoms with Gasteiger partial charge in [-0.15, -0.1) is 0 Å². The van der Waals surface area contributed by atoms with Crippen molar-refractivity contribution in [1.82, 2.24) is 9.88 Å². The van der Waals surface area contributed by atoms with Gasteiger partial charge in [-0.1, -0.05) is 12.1 Å². The Labute approximate surface area is 154 Å². The first-order valence-corrected chi connectivity index (χ1v) is 9.42. The number of nitrogens with zero attached hydrogens (tertiary/aromatic N) is 2. The number of carbonyl (C=O) groups is 1. The molecule has 1 fully saturated rings. The van der Waals surface area contributed by atoms with Gasteiger partial charge in [-0.3, -0.25) is 9.69 Å². The molecule has 4 rings (SSSR count). The molecule has 0 saturated carbocycles. The summed E-state index contributed by atoms with van der Waals surface area (Å²) in [6.45, 7) is 5.36. The van der Waals surface area contributed by atoms with Crippen molar-refractivity contribution in [3.63, 3.8) is 0 Å². The number of hydrogen-bond acceptors (Lipinski definition) is 4. The van der Waals surface area contributed by atoms with Gasteiger partial charge in [0.2, 0.25) is 5.88 Å². The number of primary amides is 1. The Bertz CT molecular complexity index is 841. The highest BCUT2D eigenvalue weighted by molar-refractivity contribution is 5.95. The molecule has 0 unspecified atom stereocenters. The van der Waals surface area contributed by atoms with Crippen molar-refractivity contribution in [1.29, 1.82) is 0 Å². The van der Waals surface area contributed by atoms with Crippen LogP contribution in [-0.2, 0) is 19.4 Å². The topological polar surface area (TPSA) is 68.4 Å². The molecular formula is C21H25N3O2. The molecule has 26 heavy (non-hydrogen) atoms. The molecule has 2 heterocycles. The maximum atomic E-state index is 11.8. The van der Waals surface area contributed by atoms with Crippen LogP contribution < -0.4 is 10.5 Å². The number of fused-ring (bicyclic) bond motifs is 1. The second-order valence-electron chi connectivity index (χ2n) is 7.35. The fraction of sp³-hybridized carbons (Fsp3) is 0.429. The standard InChI is InChI=1S/C21H25N3O2/c1-14-11-15(13-24-9-2-3-10-24)7-8-19(14)26-21-17(20(22)25)12-16-5-4-6-18(16)23-21/h7-8,11-12H,2-6,9-10,13H2,1H3,(H2,22,25). The summed E-state index contributed by atoms with van der Waals surface area (Å²) < 4.78 is 6.03. The third kappa shape index (κ3) is 3.44. The first kappa shape index (κ1) is 17.0. The molecule has 1 aromatic heterocycles. The minimum Gasteiger partial charge on any atom is -0.438 e. The molecule has 2 aliphatic rings. The van der Waals surface area contributed by atoms with Gasteiger partial charge < -0.3 is 10.5 Å². The van der Waals surface area contributed by atoms with Gasteiger partial charge in [0.1, 0.15) is 11.3 Å². The van der Waals surface area contributed by atoms with E-state index in [0.717, 1.165) is 48.4 Å². The van der Waals surface area contributed by atoms with E-state index >= 15 is 0 Å². The van der Waals surface area contributed by atoms with Crippen molar-refractivity contribution in [2.45, 2.75) is 45.6 Å². The molecule has 1 saturated heterocycles. The minimum absolute atomic E-state index is 0.327. The van der Waals surface area contributed by atoms with E-state index in [9.17, 15) is 4.79 Å². The van der Waals surface area contributed by atoms with Crippen LogP contribution in [0.5, 0.6) is 11.6 Å². The van der Waals surface area contributed by atoms with Crippen LogP contribution in [0.2, 0.25) is 0 Å². The maximum Gasteiger partial charge on any atom is 0.254 e. The number of pyridine rings is 1. The van der Waals surface area contributed by atoms with Crippen LogP contribution in [0.1, 0.15) is 52.0 Å². The fourth-order valence-electron chi connectivity index (χ4n) is 3.93. The molecule has 0 spiro atoms. The van der Waals surface area contributed by atoms with Gasteiger partial charge in [-0.25, -0.2) is 4.98 Å². The van der Waals surface area contributed by atoms with Gasteiger partial charge in [0, 0.05) is 12.2 Å². The largest absolute Gasteiger partial charge is 0.438 e. The lowest BCUT2D eigenvalue weighted by Gasteiger charge is -2.16. The molecule has 1 aromatic carbocycles. The number of aryl methyl sites for hydroxylation is 3. The van der Waals surface area contributed by atoms with Crippen LogP contribution in [0.25, 0.3) is 0 Å². The molecule has 5 nitrogen and oxygen atoms in total. The minimum atomic E-state index is -0.495. The number of hydrogen-bond donors (Lipinski definition) is 1.